The van der Waals surface area contributed by atoms with Gasteiger partial charge in [0, 0.05) is 10.7 Å². The molecule has 0 fully saturated rings. The molecule has 0 aliphatic rings. The minimum atomic E-state index is -4.46. The largest absolute Gasteiger partial charge is 0.494 e. The standard InChI is InChI=1S/C9H8BrF3N2O2/c1-17-6-2-5(10)3-14-7(6)8(16)15-4-9(11,12)13/h2-3H,4H2,1H3,(H,15,16). The first-order valence-corrected chi connectivity index (χ1v) is 5.17. The van der Waals surface area contributed by atoms with Crippen molar-refractivity contribution in [3.63, 3.8) is 0 Å². The van der Waals surface area contributed by atoms with E-state index in [9.17, 15) is 18.0 Å². The molecule has 1 amide bonds. The van der Waals surface area contributed by atoms with Gasteiger partial charge in [-0.3, -0.25) is 4.79 Å². The highest BCUT2D eigenvalue weighted by Gasteiger charge is 2.28. The second-order valence-electron chi connectivity index (χ2n) is 3.00. The number of rotatable bonds is 3. The van der Waals surface area contributed by atoms with Crippen LogP contribution in [0.4, 0.5) is 13.2 Å². The molecule has 0 radical (unpaired) electrons. The van der Waals surface area contributed by atoms with Crippen LogP contribution in [0.15, 0.2) is 16.7 Å². The maximum Gasteiger partial charge on any atom is 0.405 e. The van der Waals surface area contributed by atoms with Crippen molar-refractivity contribution in [2.75, 3.05) is 13.7 Å². The van der Waals surface area contributed by atoms with Crippen LogP contribution in [-0.2, 0) is 0 Å². The van der Waals surface area contributed by atoms with Crippen molar-refractivity contribution in [3.05, 3.63) is 22.4 Å². The average Bonchev–Trinajstić information content (AvgIpc) is 2.24. The summed E-state index contributed by atoms with van der Waals surface area (Å²) in [5.41, 5.74) is -0.194. The van der Waals surface area contributed by atoms with Crippen molar-refractivity contribution >= 4 is 21.8 Å². The number of nitrogens with one attached hydrogen (secondary N) is 1. The molecule has 17 heavy (non-hydrogen) atoms. The average molecular weight is 313 g/mol. The Morgan fingerprint density at radius 3 is 2.76 bits per heavy atom. The number of pyridine rings is 1. The highest BCUT2D eigenvalue weighted by molar-refractivity contribution is 9.10. The molecule has 1 rings (SSSR count). The summed E-state index contributed by atoms with van der Waals surface area (Å²) >= 11 is 3.10. The molecule has 4 nitrogen and oxygen atoms in total. The van der Waals surface area contributed by atoms with E-state index in [1.165, 1.54) is 19.4 Å². The molecule has 0 saturated carbocycles. The Labute approximate surface area is 103 Å². The normalized spacial score (nSPS) is 11.1. The van der Waals surface area contributed by atoms with Gasteiger partial charge in [0.2, 0.25) is 0 Å². The van der Waals surface area contributed by atoms with Gasteiger partial charge in [0.25, 0.3) is 5.91 Å². The van der Waals surface area contributed by atoms with Crippen molar-refractivity contribution in [2.24, 2.45) is 0 Å². The van der Waals surface area contributed by atoms with Crippen LogP contribution >= 0.6 is 15.9 Å². The van der Waals surface area contributed by atoms with Gasteiger partial charge in [0.15, 0.2) is 11.4 Å². The molecule has 0 spiro atoms. The lowest BCUT2D eigenvalue weighted by Gasteiger charge is -2.10. The Kier molecular flexibility index (Phi) is 4.33. The summed E-state index contributed by atoms with van der Waals surface area (Å²) in [7, 11) is 1.30. The van der Waals surface area contributed by atoms with E-state index < -0.39 is 18.6 Å². The summed E-state index contributed by atoms with van der Waals surface area (Å²) in [5, 5.41) is 1.71. The topological polar surface area (TPSA) is 51.2 Å². The third-order valence-electron chi connectivity index (χ3n) is 1.70. The number of alkyl halides is 3. The first kappa shape index (κ1) is 13.8. The molecule has 0 aliphatic heterocycles. The second-order valence-corrected chi connectivity index (χ2v) is 3.92. The zero-order valence-electron chi connectivity index (χ0n) is 8.64. The predicted octanol–water partition coefficient (Wildman–Crippen LogP) is 2.14. The number of methoxy groups -OCH3 is 1. The SMILES string of the molecule is COc1cc(Br)cnc1C(=O)NCC(F)(F)F. The fraction of sp³-hybridized carbons (Fsp3) is 0.333. The number of amides is 1. The van der Waals surface area contributed by atoms with Crippen molar-refractivity contribution in [1.82, 2.24) is 10.3 Å². The third-order valence-corrected chi connectivity index (χ3v) is 2.14. The lowest BCUT2D eigenvalue weighted by atomic mass is 10.3. The van der Waals surface area contributed by atoms with Gasteiger partial charge >= 0.3 is 6.18 Å². The molecule has 0 atom stereocenters. The molecule has 1 aromatic rings. The summed E-state index contributed by atoms with van der Waals surface area (Å²) in [4.78, 5) is 15.1. The Balaban J connectivity index is 2.82. The Morgan fingerprint density at radius 1 is 1.59 bits per heavy atom. The quantitative estimate of drug-likeness (QED) is 0.930. The van der Waals surface area contributed by atoms with E-state index in [4.69, 9.17) is 4.74 Å². The first-order valence-electron chi connectivity index (χ1n) is 4.38. The van der Waals surface area contributed by atoms with Crippen LogP contribution in [0, 0.1) is 0 Å². The van der Waals surface area contributed by atoms with Crippen molar-refractivity contribution in [1.29, 1.82) is 0 Å². The van der Waals surface area contributed by atoms with Crippen molar-refractivity contribution in [2.45, 2.75) is 6.18 Å². The molecule has 0 bridgehead atoms. The zero-order chi connectivity index (χ0) is 13.1. The van der Waals surface area contributed by atoms with Crippen molar-refractivity contribution in [3.8, 4) is 5.75 Å². The van der Waals surface area contributed by atoms with E-state index in [1.807, 2.05) is 0 Å². The predicted molar refractivity (Wildman–Crippen MR) is 56.9 cm³/mol. The number of hydrogen-bond donors (Lipinski definition) is 1. The summed E-state index contributed by atoms with van der Waals surface area (Å²) in [6, 6.07) is 1.44. The van der Waals surface area contributed by atoms with E-state index in [0.717, 1.165) is 0 Å². The minimum absolute atomic E-state index is 0.0963. The van der Waals surface area contributed by atoms with Gasteiger partial charge in [-0.25, -0.2) is 4.98 Å². The minimum Gasteiger partial charge on any atom is -0.494 e. The fourth-order valence-corrected chi connectivity index (χ4v) is 1.32. The molecule has 0 saturated heterocycles. The molecular weight excluding hydrogens is 305 g/mol. The third kappa shape index (κ3) is 4.22. The second kappa shape index (κ2) is 5.35. The smallest absolute Gasteiger partial charge is 0.405 e. The summed E-state index contributed by atoms with van der Waals surface area (Å²) < 4.78 is 41.1. The lowest BCUT2D eigenvalue weighted by Crippen LogP contribution is -2.34. The molecule has 0 aromatic carbocycles. The lowest BCUT2D eigenvalue weighted by molar-refractivity contribution is -0.123. The maximum absolute atomic E-state index is 11.9. The van der Waals surface area contributed by atoms with Crippen molar-refractivity contribution < 1.29 is 22.7 Å². The van der Waals surface area contributed by atoms with Gasteiger partial charge in [-0.15, -0.1) is 0 Å². The molecule has 1 N–H and O–H groups in total. The monoisotopic (exact) mass is 312 g/mol. The molecule has 94 valence electrons. The van der Waals surface area contributed by atoms with Crippen LogP contribution in [0.2, 0.25) is 0 Å². The van der Waals surface area contributed by atoms with Crippen LogP contribution in [-0.4, -0.2) is 30.7 Å². The number of halogens is 4. The van der Waals surface area contributed by atoms with Gasteiger partial charge in [-0.05, 0) is 22.0 Å². The summed E-state index contributed by atoms with van der Waals surface area (Å²) in [6.07, 6.45) is -3.16. The number of aromatic nitrogens is 1. The van der Waals surface area contributed by atoms with Crippen LogP contribution < -0.4 is 10.1 Å². The first-order chi connectivity index (χ1) is 7.83. The number of hydrogen-bond acceptors (Lipinski definition) is 3. The van der Waals surface area contributed by atoms with Gasteiger partial charge in [0.1, 0.15) is 6.54 Å². The molecule has 0 aliphatic carbocycles. The van der Waals surface area contributed by atoms with Gasteiger partial charge in [-0.2, -0.15) is 13.2 Å². The zero-order valence-corrected chi connectivity index (χ0v) is 10.2. The fourth-order valence-electron chi connectivity index (χ4n) is 1.01. The molecule has 0 unspecified atom stereocenters. The summed E-state index contributed by atoms with van der Waals surface area (Å²) in [5.74, 6) is -0.842. The summed E-state index contributed by atoms with van der Waals surface area (Å²) in [6.45, 7) is -1.41. The van der Waals surface area contributed by atoms with Gasteiger partial charge < -0.3 is 10.1 Å². The Hall–Kier alpha value is -1.31. The van der Waals surface area contributed by atoms with Gasteiger partial charge in [-0.1, -0.05) is 0 Å². The van der Waals surface area contributed by atoms with E-state index in [2.05, 4.69) is 20.9 Å². The van der Waals surface area contributed by atoms with E-state index >= 15 is 0 Å². The Bertz CT molecular complexity index is 423. The molecule has 1 aromatic heterocycles. The number of nitrogens with zero attached hydrogens (tertiary/aromatic N) is 1. The number of ether oxygens (including phenoxy) is 1. The highest BCUT2D eigenvalue weighted by atomic mass is 79.9. The highest BCUT2D eigenvalue weighted by Crippen LogP contribution is 2.21. The Morgan fingerprint density at radius 2 is 2.24 bits per heavy atom. The number of carbonyl (C=O) groups excluding carboxylic acids is 1. The van der Waals surface area contributed by atoms with Crippen LogP contribution in [0.25, 0.3) is 0 Å². The maximum atomic E-state index is 11.9. The molecular formula is C9H8BrF3N2O2. The van der Waals surface area contributed by atoms with E-state index in [-0.39, 0.29) is 11.4 Å². The molecule has 1 heterocycles. The van der Waals surface area contributed by atoms with E-state index in [0.29, 0.717) is 4.47 Å². The van der Waals surface area contributed by atoms with Crippen LogP contribution in [0.1, 0.15) is 10.5 Å². The van der Waals surface area contributed by atoms with E-state index in [1.54, 1.807) is 5.32 Å². The number of carbonyl (C=O) groups is 1. The van der Waals surface area contributed by atoms with Gasteiger partial charge in [0.05, 0.1) is 7.11 Å². The molecule has 8 heteroatoms. The van der Waals surface area contributed by atoms with Crippen LogP contribution in [0.5, 0.6) is 5.75 Å². The van der Waals surface area contributed by atoms with Crippen LogP contribution in [0.3, 0.4) is 0 Å².